The smallest absolute Gasteiger partial charge is 0.411 e. The molecule has 0 saturated heterocycles. The SMILES string of the molecule is COc1ccc(C(=N)N)cc1COCC(F)(F)F. The lowest BCUT2D eigenvalue weighted by Crippen LogP contribution is -2.17. The second-order valence-corrected chi connectivity index (χ2v) is 3.55. The van der Waals surface area contributed by atoms with Crippen LogP contribution in [-0.4, -0.2) is 25.7 Å². The van der Waals surface area contributed by atoms with E-state index in [1.54, 1.807) is 6.07 Å². The van der Waals surface area contributed by atoms with Gasteiger partial charge in [-0.2, -0.15) is 13.2 Å². The lowest BCUT2D eigenvalue weighted by Gasteiger charge is -2.12. The van der Waals surface area contributed by atoms with Crippen molar-refractivity contribution in [2.24, 2.45) is 5.73 Å². The first-order valence-electron chi connectivity index (χ1n) is 4.99. The van der Waals surface area contributed by atoms with E-state index in [1.165, 1.54) is 19.2 Å². The van der Waals surface area contributed by atoms with Crippen LogP contribution in [0.25, 0.3) is 0 Å². The summed E-state index contributed by atoms with van der Waals surface area (Å²) >= 11 is 0. The lowest BCUT2D eigenvalue weighted by atomic mass is 10.1. The third kappa shape index (κ3) is 4.25. The summed E-state index contributed by atoms with van der Waals surface area (Å²) in [6, 6.07) is 4.55. The molecule has 0 aliphatic heterocycles. The van der Waals surface area contributed by atoms with E-state index in [2.05, 4.69) is 4.74 Å². The molecule has 0 saturated carbocycles. The number of rotatable bonds is 5. The van der Waals surface area contributed by atoms with Crippen LogP contribution < -0.4 is 10.5 Å². The number of hydrogen-bond donors (Lipinski definition) is 2. The van der Waals surface area contributed by atoms with Crippen LogP contribution >= 0.6 is 0 Å². The number of ether oxygens (including phenoxy) is 2. The number of hydrogen-bond acceptors (Lipinski definition) is 3. The van der Waals surface area contributed by atoms with E-state index < -0.39 is 12.8 Å². The molecular weight excluding hydrogens is 249 g/mol. The Morgan fingerprint density at radius 3 is 2.56 bits per heavy atom. The second-order valence-electron chi connectivity index (χ2n) is 3.55. The van der Waals surface area contributed by atoms with Crippen molar-refractivity contribution in [1.82, 2.24) is 0 Å². The largest absolute Gasteiger partial charge is 0.496 e. The van der Waals surface area contributed by atoms with Crippen LogP contribution in [0.4, 0.5) is 13.2 Å². The molecule has 7 heteroatoms. The maximum absolute atomic E-state index is 11.9. The molecule has 1 aromatic carbocycles. The van der Waals surface area contributed by atoms with Gasteiger partial charge in [0.05, 0.1) is 13.7 Å². The monoisotopic (exact) mass is 262 g/mol. The van der Waals surface area contributed by atoms with Crippen LogP contribution in [0.1, 0.15) is 11.1 Å². The predicted molar refractivity (Wildman–Crippen MR) is 59.7 cm³/mol. The first-order valence-corrected chi connectivity index (χ1v) is 4.99. The summed E-state index contributed by atoms with van der Waals surface area (Å²) in [4.78, 5) is 0. The van der Waals surface area contributed by atoms with Crippen LogP contribution in [0.15, 0.2) is 18.2 Å². The molecular formula is C11H13F3N2O2. The fourth-order valence-corrected chi connectivity index (χ4v) is 1.34. The highest BCUT2D eigenvalue weighted by Crippen LogP contribution is 2.22. The Balaban J connectivity index is 2.78. The summed E-state index contributed by atoms with van der Waals surface area (Å²) in [6.45, 7) is -1.59. The first-order chi connectivity index (χ1) is 8.33. The number of halogens is 3. The zero-order chi connectivity index (χ0) is 13.8. The maximum atomic E-state index is 11.9. The lowest BCUT2D eigenvalue weighted by molar-refractivity contribution is -0.176. The van der Waals surface area contributed by atoms with Gasteiger partial charge in [-0.3, -0.25) is 5.41 Å². The van der Waals surface area contributed by atoms with Crippen molar-refractivity contribution in [3.05, 3.63) is 29.3 Å². The first kappa shape index (κ1) is 14.3. The Hall–Kier alpha value is -1.76. The van der Waals surface area contributed by atoms with E-state index in [-0.39, 0.29) is 12.4 Å². The molecule has 0 amide bonds. The minimum Gasteiger partial charge on any atom is -0.496 e. The van der Waals surface area contributed by atoms with Gasteiger partial charge >= 0.3 is 6.18 Å². The third-order valence-corrected chi connectivity index (χ3v) is 2.11. The van der Waals surface area contributed by atoms with Gasteiger partial charge in [0.15, 0.2) is 0 Å². The summed E-state index contributed by atoms with van der Waals surface area (Å²) in [7, 11) is 1.40. The maximum Gasteiger partial charge on any atom is 0.411 e. The average Bonchev–Trinajstić information content (AvgIpc) is 2.27. The summed E-state index contributed by atoms with van der Waals surface area (Å²) in [5.74, 6) is 0.219. The van der Waals surface area contributed by atoms with Crippen molar-refractivity contribution >= 4 is 5.84 Å². The van der Waals surface area contributed by atoms with Crippen molar-refractivity contribution in [3.63, 3.8) is 0 Å². The van der Waals surface area contributed by atoms with Crippen molar-refractivity contribution in [2.45, 2.75) is 12.8 Å². The Morgan fingerprint density at radius 1 is 1.39 bits per heavy atom. The van der Waals surface area contributed by atoms with Crippen LogP contribution in [-0.2, 0) is 11.3 Å². The number of amidine groups is 1. The summed E-state index contributed by atoms with van der Waals surface area (Å²) in [5.41, 5.74) is 6.11. The Kier molecular flexibility index (Phi) is 4.55. The molecule has 0 radical (unpaired) electrons. The zero-order valence-electron chi connectivity index (χ0n) is 9.67. The van der Waals surface area contributed by atoms with Crippen LogP contribution in [0.2, 0.25) is 0 Å². The van der Waals surface area contributed by atoms with Gasteiger partial charge in [-0.1, -0.05) is 0 Å². The van der Waals surface area contributed by atoms with Gasteiger partial charge in [-0.15, -0.1) is 0 Å². The van der Waals surface area contributed by atoms with Crippen LogP contribution in [0, 0.1) is 5.41 Å². The number of alkyl halides is 3. The topological polar surface area (TPSA) is 68.3 Å². The van der Waals surface area contributed by atoms with Crippen LogP contribution in [0.3, 0.4) is 0 Å². The van der Waals surface area contributed by atoms with Gasteiger partial charge < -0.3 is 15.2 Å². The quantitative estimate of drug-likeness (QED) is 0.630. The highest BCUT2D eigenvalue weighted by Gasteiger charge is 2.27. The molecule has 0 unspecified atom stereocenters. The van der Waals surface area contributed by atoms with Crippen molar-refractivity contribution in [3.8, 4) is 5.75 Å². The second kappa shape index (κ2) is 5.72. The number of methoxy groups -OCH3 is 1. The molecule has 0 atom stereocenters. The summed E-state index contributed by atoms with van der Waals surface area (Å²) in [6.07, 6.45) is -4.37. The molecule has 0 aliphatic carbocycles. The van der Waals surface area contributed by atoms with Crippen LogP contribution in [0.5, 0.6) is 5.75 Å². The predicted octanol–water partition coefficient (Wildman–Crippen LogP) is 2.06. The fourth-order valence-electron chi connectivity index (χ4n) is 1.34. The van der Waals surface area contributed by atoms with Gasteiger partial charge in [-0.25, -0.2) is 0 Å². The normalized spacial score (nSPS) is 11.3. The van der Waals surface area contributed by atoms with Gasteiger partial charge in [0.25, 0.3) is 0 Å². The Labute approximate surface area is 102 Å². The van der Waals surface area contributed by atoms with Crippen molar-refractivity contribution in [2.75, 3.05) is 13.7 Å². The average molecular weight is 262 g/mol. The van der Waals surface area contributed by atoms with E-state index in [1.807, 2.05) is 0 Å². The third-order valence-electron chi connectivity index (χ3n) is 2.11. The van der Waals surface area contributed by atoms with Crippen molar-refractivity contribution < 1.29 is 22.6 Å². The molecule has 0 bridgehead atoms. The fraction of sp³-hybridized carbons (Fsp3) is 0.364. The molecule has 1 rings (SSSR count). The van der Waals surface area contributed by atoms with E-state index in [0.29, 0.717) is 16.9 Å². The zero-order valence-corrected chi connectivity index (χ0v) is 9.67. The molecule has 0 aromatic heterocycles. The minimum atomic E-state index is -4.37. The molecule has 0 fully saturated rings. The highest BCUT2D eigenvalue weighted by molar-refractivity contribution is 5.95. The number of nitrogens with two attached hydrogens (primary N) is 1. The summed E-state index contributed by atoms with van der Waals surface area (Å²) in [5, 5.41) is 7.25. The van der Waals surface area contributed by atoms with Gasteiger partial charge in [-0.05, 0) is 18.2 Å². The van der Waals surface area contributed by atoms with Gasteiger partial charge in [0, 0.05) is 11.1 Å². The van der Waals surface area contributed by atoms with E-state index in [4.69, 9.17) is 15.9 Å². The minimum absolute atomic E-state index is 0.172. The highest BCUT2D eigenvalue weighted by atomic mass is 19.4. The molecule has 0 aliphatic rings. The van der Waals surface area contributed by atoms with Gasteiger partial charge in [0.2, 0.25) is 0 Å². The van der Waals surface area contributed by atoms with Crippen molar-refractivity contribution in [1.29, 1.82) is 5.41 Å². The molecule has 3 N–H and O–H groups in total. The van der Waals surface area contributed by atoms with E-state index in [9.17, 15) is 13.2 Å². The molecule has 0 spiro atoms. The summed E-state index contributed by atoms with van der Waals surface area (Å²) < 4.78 is 45.3. The van der Waals surface area contributed by atoms with E-state index in [0.717, 1.165) is 0 Å². The molecule has 0 heterocycles. The number of nitrogens with one attached hydrogen (secondary N) is 1. The Morgan fingerprint density at radius 2 is 2.06 bits per heavy atom. The van der Waals surface area contributed by atoms with Gasteiger partial charge in [0.1, 0.15) is 18.2 Å². The molecule has 100 valence electrons. The molecule has 1 aromatic rings. The molecule has 18 heavy (non-hydrogen) atoms. The standard InChI is InChI=1S/C11H13F3N2O2/c1-17-9-3-2-7(10(15)16)4-8(9)5-18-6-11(12,13)14/h2-4H,5-6H2,1H3,(H3,15,16). The number of nitrogen functional groups attached to an aromatic ring is 1. The van der Waals surface area contributed by atoms with E-state index >= 15 is 0 Å². The molecule has 4 nitrogen and oxygen atoms in total. The number of benzene rings is 1. The Bertz CT molecular complexity index is 433.